The monoisotopic (exact) mass is 334 g/mol. The molecule has 1 saturated carbocycles. The SMILES string of the molecule is CC1CCC(Br)C(Cc2cc(Cl)ccc2Cl)C1. The van der Waals surface area contributed by atoms with Crippen LogP contribution in [0.1, 0.15) is 31.7 Å². The molecular formula is C14H17BrCl2. The van der Waals surface area contributed by atoms with Crippen LogP contribution in [0.2, 0.25) is 10.0 Å². The molecule has 3 heteroatoms. The Labute approximate surface area is 122 Å². The van der Waals surface area contributed by atoms with E-state index in [0.29, 0.717) is 10.7 Å². The lowest BCUT2D eigenvalue weighted by Gasteiger charge is -2.31. The summed E-state index contributed by atoms with van der Waals surface area (Å²) in [6, 6.07) is 5.75. The highest BCUT2D eigenvalue weighted by Gasteiger charge is 2.27. The van der Waals surface area contributed by atoms with Crippen LogP contribution in [0.25, 0.3) is 0 Å². The van der Waals surface area contributed by atoms with Gasteiger partial charge in [0.05, 0.1) is 0 Å². The van der Waals surface area contributed by atoms with Gasteiger partial charge in [0.25, 0.3) is 0 Å². The minimum Gasteiger partial charge on any atom is -0.0888 e. The highest BCUT2D eigenvalue weighted by atomic mass is 79.9. The summed E-state index contributed by atoms with van der Waals surface area (Å²) in [4.78, 5) is 0.619. The third kappa shape index (κ3) is 3.62. The average Bonchev–Trinajstić information content (AvgIpc) is 2.28. The van der Waals surface area contributed by atoms with Gasteiger partial charge in [-0.3, -0.25) is 0 Å². The molecule has 0 heterocycles. The Balaban J connectivity index is 2.11. The Morgan fingerprint density at radius 2 is 2.06 bits per heavy atom. The van der Waals surface area contributed by atoms with E-state index in [1.807, 2.05) is 18.2 Å². The summed E-state index contributed by atoms with van der Waals surface area (Å²) in [5, 5.41) is 1.62. The molecule has 2 rings (SSSR count). The summed E-state index contributed by atoms with van der Waals surface area (Å²) in [6.45, 7) is 2.34. The van der Waals surface area contributed by atoms with Crippen molar-refractivity contribution in [1.82, 2.24) is 0 Å². The van der Waals surface area contributed by atoms with Crippen LogP contribution in [0, 0.1) is 11.8 Å². The molecule has 0 nitrogen and oxygen atoms in total. The van der Waals surface area contributed by atoms with Gasteiger partial charge in [-0.2, -0.15) is 0 Å². The van der Waals surface area contributed by atoms with Crippen molar-refractivity contribution in [2.75, 3.05) is 0 Å². The van der Waals surface area contributed by atoms with Crippen LogP contribution < -0.4 is 0 Å². The van der Waals surface area contributed by atoms with E-state index in [-0.39, 0.29) is 0 Å². The lowest BCUT2D eigenvalue weighted by atomic mass is 9.79. The Kier molecular flexibility index (Phi) is 4.80. The summed E-state index contributed by atoms with van der Waals surface area (Å²) in [6.07, 6.45) is 4.90. The fraction of sp³-hybridized carbons (Fsp3) is 0.571. The third-order valence-corrected chi connectivity index (χ3v) is 5.45. The van der Waals surface area contributed by atoms with Crippen LogP contribution in [0.4, 0.5) is 0 Å². The molecule has 17 heavy (non-hydrogen) atoms. The highest BCUT2D eigenvalue weighted by Crippen LogP contribution is 2.37. The average molecular weight is 336 g/mol. The lowest BCUT2D eigenvalue weighted by molar-refractivity contribution is 0.294. The fourth-order valence-electron chi connectivity index (χ4n) is 2.66. The molecule has 1 aromatic carbocycles. The topological polar surface area (TPSA) is 0 Å². The maximum absolute atomic E-state index is 6.23. The van der Waals surface area contributed by atoms with Crippen LogP contribution in [-0.2, 0) is 6.42 Å². The van der Waals surface area contributed by atoms with Gasteiger partial charge in [-0.05, 0) is 61.3 Å². The Hall–Kier alpha value is 0.280. The number of halogens is 3. The highest BCUT2D eigenvalue weighted by molar-refractivity contribution is 9.09. The van der Waals surface area contributed by atoms with E-state index in [0.717, 1.165) is 22.4 Å². The van der Waals surface area contributed by atoms with Gasteiger partial charge in [0.1, 0.15) is 0 Å². The molecule has 1 fully saturated rings. The van der Waals surface area contributed by atoms with Gasteiger partial charge in [0.2, 0.25) is 0 Å². The first-order valence-corrected chi connectivity index (χ1v) is 7.81. The maximum atomic E-state index is 6.23. The molecule has 0 N–H and O–H groups in total. The summed E-state index contributed by atoms with van der Waals surface area (Å²) in [5.74, 6) is 1.50. The summed E-state index contributed by atoms with van der Waals surface area (Å²) in [5.41, 5.74) is 1.18. The van der Waals surface area contributed by atoms with E-state index in [1.54, 1.807) is 0 Å². The van der Waals surface area contributed by atoms with Crippen LogP contribution in [0.3, 0.4) is 0 Å². The molecule has 0 amide bonds. The number of benzene rings is 1. The van der Waals surface area contributed by atoms with E-state index < -0.39 is 0 Å². The van der Waals surface area contributed by atoms with Crippen LogP contribution in [0.5, 0.6) is 0 Å². The molecule has 0 bridgehead atoms. The molecule has 0 spiro atoms. The van der Waals surface area contributed by atoms with E-state index in [9.17, 15) is 0 Å². The summed E-state index contributed by atoms with van der Waals surface area (Å²) in [7, 11) is 0. The second-order valence-corrected chi connectivity index (χ2v) is 7.15. The molecule has 3 unspecified atom stereocenters. The van der Waals surface area contributed by atoms with Crippen molar-refractivity contribution >= 4 is 39.1 Å². The molecule has 3 atom stereocenters. The molecule has 0 aromatic heterocycles. The second-order valence-electron chi connectivity index (χ2n) is 5.13. The van der Waals surface area contributed by atoms with E-state index in [1.165, 1.54) is 24.8 Å². The summed E-state index contributed by atoms with van der Waals surface area (Å²) < 4.78 is 0. The molecule has 94 valence electrons. The summed E-state index contributed by atoms with van der Waals surface area (Å²) >= 11 is 16.1. The molecule has 1 aliphatic rings. The predicted octanol–water partition coefficient (Wildman–Crippen LogP) is 5.74. The number of hydrogen-bond acceptors (Lipinski definition) is 0. The first kappa shape index (κ1) is 13.7. The molecular weight excluding hydrogens is 319 g/mol. The second kappa shape index (κ2) is 5.95. The molecule has 0 aliphatic heterocycles. The van der Waals surface area contributed by atoms with Crippen molar-refractivity contribution in [3.8, 4) is 0 Å². The number of hydrogen-bond donors (Lipinski definition) is 0. The van der Waals surface area contributed by atoms with Crippen molar-refractivity contribution in [3.63, 3.8) is 0 Å². The van der Waals surface area contributed by atoms with Crippen LogP contribution in [0.15, 0.2) is 18.2 Å². The van der Waals surface area contributed by atoms with Crippen molar-refractivity contribution in [2.24, 2.45) is 11.8 Å². The zero-order valence-corrected chi connectivity index (χ0v) is 13.0. The van der Waals surface area contributed by atoms with Gasteiger partial charge in [-0.1, -0.05) is 46.1 Å². The smallest absolute Gasteiger partial charge is 0.0439 e. The van der Waals surface area contributed by atoms with Gasteiger partial charge in [-0.25, -0.2) is 0 Å². The van der Waals surface area contributed by atoms with Crippen molar-refractivity contribution in [1.29, 1.82) is 0 Å². The van der Waals surface area contributed by atoms with Gasteiger partial charge in [0, 0.05) is 14.9 Å². The van der Waals surface area contributed by atoms with E-state index >= 15 is 0 Å². The fourth-order valence-corrected chi connectivity index (χ4v) is 3.71. The number of alkyl halides is 1. The largest absolute Gasteiger partial charge is 0.0888 e. The first-order chi connectivity index (χ1) is 8.06. The van der Waals surface area contributed by atoms with Gasteiger partial charge in [0.15, 0.2) is 0 Å². The van der Waals surface area contributed by atoms with Crippen molar-refractivity contribution < 1.29 is 0 Å². The standard InChI is InChI=1S/C14H17BrCl2/c1-9-2-4-13(15)10(6-9)7-11-8-12(16)3-5-14(11)17/h3,5,8-10,13H,2,4,6-7H2,1H3. The Morgan fingerprint density at radius 3 is 2.82 bits per heavy atom. The molecule has 1 aliphatic carbocycles. The molecule has 0 saturated heterocycles. The van der Waals surface area contributed by atoms with Crippen molar-refractivity contribution in [2.45, 2.75) is 37.4 Å². The number of rotatable bonds is 2. The van der Waals surface area contributed by atoms with Gasteiger partial charge in [-0.15, -0.1) is 0 Å². The molecule has 1 aromatic rings. The zero-order chi connectivity index (χ0) is 12.4. The van der Waals surface area contributed by atoms with E-state index in [4.69, 9.17) is 23.2 Å². The minimum absolute atomic E-state index is 0.619. The Bertz CT molecular complexity index is 392. The van der Waals surface area contributed by atoms with Crippen molar-refractivity contribution in [3.05, 3.63) is 33.8 Å². The van der Waals surface area contributed by atoms with Gasteiger partial charge < -0.3 is 0 Å². The van der Waals surface area contributed by atoms with Crippen LogP contribution in [-0.4, -0.2) is 4.83 Å². The normalized spacial score (nSPS) is 29.3. The lowest BCUT2D eigenvalue weighted by Crippen LogP contribution is -2.25. The van der Waals surface area contributed by atoms with Gasteiger partial charge >= 0.3 is 0 Å². The first-order valence-electron chi connectivity index (χ1n) is 6.14. The quantitative estimate of drug-likeness (QED) is 0.605. The third-order valence-electron chi connectivity index (χ3n) is 3.64. The maximum Gasteiger partial charge on any atom is 0.0439 e. The minimum atomic E-state index is 0.619. The molecule has 0 radical (unpaired) electrons. The Morgan fingerprint density at radius 1 is 1.29 bits per heavy atom. The van der Waals surface area contributed by atoms with E-state index in [2.05, 4.69) is 22.9 Å². The van der Waals surface area contributed by atoms with Crippen LogP contribution >= 0.6 is 39.1 Å². The zero-order valence-electron chi connectivity index (χ0n) is 9.93. The predicted molar refractivity (Wildman–Crippen MR) is 79.4 cm³/mol.